The van der Waals surface area contributed by atoms with Crippen LogP contribution in [0.3, 0.4) is 0 Å². The lowest BCUT2D eigenvalue weighted by Crippen LogP contribution is -2.46. The minimum atomic E-state index is -3.45. The van der Waals surface area contributed by atoms with E-state index < -0.39 is 10.0 Å². The smallest absolute Gasteiger partial charge is 0.243 e. The predicted molar refractivity (Wildman–Crippen MR) is 87.5 cm³/mol. The number of nitrogens with one attached hydrogen (secondary N) is 1. The van der Waals surface area contributed by atoms with Crippen LogP contribution in [-0.2, 0) is 10.0 Å². The fourth-order valence-electron chi connectivity index (χ4n) is 2.84. The van der Waals surface area contributed by atoms with Gasteiger partial charge in [0.1, 0.15) is 12.0 Å². The number of hydrogen-bond acceptors (Lipinski definition) is 5. The van der Waals surface area contributed by atoms with Gasteiger partial charge in [-0.1, -0.05) is 12.1 Å². The summed E-state index contributed by atoms with van der Waals surface area (Å²) in [5.41, 5.74) is 1.55. The van der Waals surface area contributed by atoms with E-state index in [4.69, 9.17) is 4.42 Å². The number of nitrogens with zero attached hydrogens (tertiary/aromatic N) is 2. The van der Waals surface area contributed by atoms with Crippen LogP contribution in [0.1, 0.15) is 18.7 Å². The van der Waals surface area contributed by atoms with Crippen LogP contribution >= 0.6 is 0 Å². The largest absolute Gasteiger partial charge is 0.449 e. The Kier molecular flexibility index (Phi) is 4.52. The number of piperidine rings is 1. The molecule has 0 bridgehead atoms. The Bertz CT molecular complexity index is 768. The van der Waals surface area contributed by atoms with Gasteiger partial charge in [0.05, 0.1) is 4.90 Å². The zero-order chi connectivity index (χ0) is 16.4. The van der Waals surface area contributed by atoms with Gasteiger partial charge in [0.15, 0.2) is 5.89 Å². The van der Waals surface area contributed by atoms with Gasteiger partial charge in [-0.3, -0.25) is 0 Å². The molecule has 0 radical (unpaired) electrons. The number of likely N-dealkylation sites (N-methyl/N-ethyl adjacent to an activating group) is 1. The number of benzene rings is 1. The van der Waals surface area contributed by atoms with Gasteiger partial charge in [-0.15, -0.1) is 0 Å². The van der Waals surface area contributed by atoms with Crippen LogP contribution < -0.4 is 5.32 Å². The van der Waals surface area contributed by atoms with Gasteiger partial charge in [0.25, 0.3) is 0 Å². The SMILES string of the molecule is CNC1CCCN(S(=O)(=O)c2ccc(-c3coc(C)n3)cc2)C1. The quantitative estimate of drug-likeness (QED) is 0.925. The summed E-state index contributed by atoms with van der Waals surface area (Å²) in [4.78, 5) is 4.57. The third kappa shape index (κ3) is 3.31. The summed E-state index contributed by atoms with van der Waals surface area (Å²) in [6.07, 6.45) is 3.45. The molecular weight excluding hydrogens is 314 g/mol. The van der Waals surface area contributed by atoms with E-state index in [1.807, 2.05) is 7.05 Å². The summed E-state index contributed by atoms with van der Waals surface area (Å²) in [5.74, 6) is 0.586. The molecule has 0 amide bonds. The highest BCUT2D eigenvalue weighted by atomic mass is 32.2. The molecule has 0 aliphatic carbocycles. The molecule has 1 aromatic carbocycles. The molecule has 7 heteroatoms. The molecule has 124 valence electrons. The molecule has 2 heterocycles. The zero-order valence-corrected chi connectivity index (χ0v) is 14.1. The molecule has 23 heavy (non-hydrogen) atoms. The highest BCUT2D eigenvalue weighted by Crippen LogP contribution is 2.24. The lowest BCUT2D eigenvalue weighted by atomic mass is 10.1. The summed E-state index contributed by atoms with van der Waals surface area (Å²) in [5, 5.41) is 3.17. The van der Waals surface area contributed by atoms with Crippen LogP contribution in [0, 0.1) is 6.92 Å². The van der Waals surface area contributed by atoms with E-state index in [1.54, 1.807) is 41.8 Å². The molecule has 0 saturated carbocycles. The maximum Gasteiger partial charge on any atom is 0.243 e. The standard InChI is InChI=1S/C16H21N3O3S/c1-12-18-16(11-22-12)13-5-7-15(8-6-13)23(20,21)19-9-3-4-14(10-19)17-2/h5-8,11,14,17H,3-4,9-10H2,1-2H3. The summed E-state index contributed by atoms with van der Waals surface area (Å²) in [6, 6.07) is 7.03. The molecule has 2 aromatic rings. The average Bonchev–Trinajstić information content (AvgIpc) is 3.01. The lowest BCUT2D eigenvalue weighted by Gasteiger charge is -2.31. The van der Waals surface area contributed by atoms with Crippen molar-refractivity contribution >= 4 is 10.0 Å². The van der Waals surface area contributed by atoms with Crippen molar-refractivity contribution in [2.24, 2.45) is 0 Å². The van der Waals surface area contributed by atoms with E-state index in [1.165, 1.54) is 0 Å². The molecule has 6 nitrogen and oxygen atoms in total. The van der Waals surface area contributed by atoms with Crippen molar-refractivity contribution in [2.45, 2.75) is 30.7 Å². The van der Waals surface area contributed by atoms with E-state index >= 15 is 0 Å². The van der Waals surface area contributed by atoms with Crippen molar-refractivity contribution in [3.05, 3.63) is 36.4 Å². The summed E-state index contributed by atoms with van der Waals surface area (Å²) in [6.45, 7) is 2.87. The third-order valence-corrected chi connectivity index (χ3v) is 6.08. The molecular formula is C16H21N3O3S. The normalized spacial score (nSPS) is 19.8. The summed E-state index contributed by atoms with van der Waals surface area (Å²) in [7, 11) is -1.58. The van der Waals surface area contributed by atoms with Gasteiger partial charge < -0.3 is 9.73 Å². The predicted octanol–water partition coefficient (Wildman–Crippen LogP) is 2.02. The molecule has 1 aliphatic rings. The highest BCUT2D eigenvalue weighted by molar-refractivity contribution is 7.89. The highest BCUT2D eigenvalue weighted by Gasteiger charge is 2.29. The van der Waals surface area contributed by atoms with Crippen molar-refractivity contribution in [1.29, 1.82) is 0 Å². The Labute approximate surface area is 136 Å². The molecule has 1 unspecified atom stereocenters. The number of hydrogen-bond donors (Lipinski definition) is 1. The molecule has 1 aromatic heterocycles. The Hall–Kier alpha value is -1.70. The minimum absolute atomic E-state index is 0.218. The van der Waals surface area contributed by atoms with Crippen molar-refractivity contribution in [1.82, 2.24) is 14.6 Å². The van der Waals surface area contributed by atoms with Gasteiger partial charge in [-0.05, 0) is 32.0 Å². The first-order chi connectivity index (χ1) is 11.0. The van der Waals surface area contributed by atoms with Crippen LogP contribution in [0.4, 0.5) is 0 Å². The Balaban J connectivity index is 1.83. The van der Waals surface area contributed by atoms with Gasteiger partial charge in [-0.25, -0.2) is 13.4 Å². The number of oxazole rings is 1. The summed E-state index contributed by atoms with van der Waals surface area (Å²) < 4.78 is 32.3. The zero-order valence-electron chi connectivity index (χ0n) is 13.3. The van der Waals surface area contributed by atoms with E-state index in [0.29, 0.717) is 29.6 Å². The molecule has 0 spiro atoms. The topological polar surface area (TPSA) is 75.4 Å². The number of aryl methyl sites for hydroxylation is 1. The van der Waals surface area contributed by atoms with E-state index in [-0.39, 0.29) is 6.04 Å². The fourth-order valence-corrected chi connectivity index (χ4v) is 4.36. The molecule has 1 fully saturated rings. The summed E-state index contributed by atoms with van der Waals surface area (Å²) >= 11 is 0. The number of sulfonamides is 1. The van der Waals surface area contributed by atoms with E-state index in [2.05, 4.69) is 10.3 Å². The van der Waals surface area contributed by atoms with E-state index in [0.717, 1.165) is 18.4 Å². The number of aromatic nitrogens is 1. The maximum absolute atomic E-state index is 12.8. The third-order valence-electron chi connectivity index (χ3n) is 4.20. The van der Waals surface area contributed by atoms with Gasteiger partial charge in [0, 0.05) is 31.6 Å². The molecule has 1 N–H and O–H groups in total. The van der Waals surface area contributed by atoms with Crippen molar-refractivity contribution in [3.63, 3.8) is 0 Å². The number of rotatable bonds is 4. The van der Waals surface area contributed by atoms with Gasteiger partial charge in [0.2, 0.25) is 10.0 Å². The van der Waals surface area contributed by atoms with Gasteiger partial charge in [-0.2, -0.15) is 4.31 Å². The van der Waals surface area contributed by atoms with E-state index in [9.17, 15) is 8.42 Å². The molecule has 3 rings (SSSR count). The second-order valence-electron chi connectivity index (χ2n) is 5.77. The van der Waals surface area contributed by atoms with Crippen LogP contribution in [-0.4, -0.2) is 43.9 Å². The monoisotopic (exact) mass is 335 g/mol. The first-order valence-electron chi connectivity index (χ1n) is 7.70. The van der Waals surface area contributed by atoms with Crippen molar-refractivity contribution < 1.29 is 12.8 Å². The maximum atomic E-state index is 12.8. The molecule has 1 saturated heterocycles. The Morgan fingerprint density at radius 3 is 2.65 bits per heavy atom. The lowest BCUT2D eigenvalue weighted by molar-refractivity contribution is 0.293. The molecule has 1 aliphatic heterocycles. The average molecular weight is 335 g/mol. The van der Waals surface area contributed by atoms with Crippen molar-refractivity contribution in [3.8, 4) is 11.3 Å². The van der Waals surface area contributed by atoms with Crippen LogP contribution in [0.5, 0.6) is 0 Å². The van der Waals surface area contributed by atoms with Crippen molar-refractivity contribution in [2.75, 3.05) is 20.1 Å². The van der Waals surface area contributed by atoms with Crippen LogP contribution in [0.25, 0.3) is 11.3 Å². The second-order valence-corrected chi connectivity index (χ2v) is 7.70. The van der Waals surface area contributed by atoms with Crippen LogP contribution in [0.15, 0.2) is 39.8 Å². The fraction of sp³-hybridized carbons (Fsp3) is 0.438. The Morgan fingerprint density at radius 1 is 1.30 bits per heavy atom. The minimum Gasteiger partial charge on any atom is -0.449 e. The second kappa shape index (κ2) is 6.43. The first kappa shape index (κ1) is 16.2. The van der Waals surface area contributed by atoms with Gasteiger partial charge >= 0.3 is 0 Å². The Morgan fingerprint density at radius 2 is 2.04 bits per heavy atom. The van der Waals surface area contributed by atoms with Crippen LogP contribution in [0.2, 0.25) is 0 Å². The first-order valence-corrected chi connectivity index (χ1v) is 9.14. The molecule has 1 atom stereocenters.